The lowest BCUT2D eigenvalue weighted by atomic mass is 9.99. The van der Waals surface area contributed by atoms with Crippen molar-refractivity contribution in [1.82, 2.24) is 10.3 Å². The molecule has 0 aliphatic rings. The van der Waals surface area contributed by atoms with E-state index in [1.165, 1.54) is 11.3 Å². The standard InChI is InChI=1S/C13H20N2O4S/c1-8-7-20-10(14-8)13(5,6-9(16)17)15-11(18)19-12(2,3)4/h7H,6H2,1-5H3,(H,15,18)(H,16,17). The first-order chi connectivity index (χ1) is 9.02. The highest BCUT2D eigenvalue weighted by molar-refractivity contribution is 7.09. The number of thiazole rings is 1. The van der Waals surface area contributed by atoms with E-state index in [9.17, 15) is 9.59 Å². The summed E-state index contributed by atoms with van der Waals surface area (Å²) in [7, 11) is 0. The molecular weight excluding hydrogens is 280 g/mol. The van der Waals surface area contributed by atoms with Crippen LogP contribution >= 0.6 is 11.3 Å². The summed E-state index contributed by atoms with van der Waals surface area (Å²) in [6.45, 7) is 8.68. The Morgan fingerprint density at radius 3 is 2.40 bits per heavy atom. The number of aliphatic carboxylic acids is 1. The molecule has 1 unspecified atom stereocenters. The maximum atomic E-state index is 11.9. The molecule has 0 aliphatic carbocycles. The maximum absolute atomic E-state index is 11.9. The third-order valence-electron chi connectivity index (χ3n) is 2.37. The third kappa shape index (κ3) is 4.80. The van der Waals surface area contributed by atoms with Crippen molar-refractivity contribution in [2.75, 3.05) is 0 Å². The van der Waals surface area contributed by atoms with Crippen LogP contribution in [0.3, 0.4) is 0 Å². The largest absolute Gasteiger partial charge is 0.481 e. The lowest BCUT2D eigenvalue weighted by molar-refractivity contribution is -0.138. The number of ether oxygens (including phenoxy) is 1. The topological polar surface area (TPSA) is 88.5 Å². The van der Waals surface area contributed by atoms with Crippen molar-refractivity contribution in [2.45, 2.75) is 52.2 Å². The number of carbonyl (C=O) groups is 2. The van der Waals surface area contributed by atoms with E-state index in [4.69, 9.17) is 9.84 Å². The molecule has 0 aliphatic heterocycles. The van der Waals surface area contributed by atoms with Crippen molar-refractivity contribution in [3.05, 3.63) is 16.1 Å². The Hall–Kier alpha value is -1.63. The van der Waals surface area contributed by atoms with E-state index in [0.717, 1.165) is 5.69 Å². The number of hydrogen-bond acceptors (Lipinski definition) is 5. The number of aryl methyl sites for hydroxylation is 1. The molecule has 0 spiro atoms. The van der Waals surface area contributed by atoms with Crippen LogP contribution < -0.4 is 5.32 Å². The molecule has 0 saturated heterocycles. The second-order valence-electron chi connectivity index (χ2n) is 5.82. The summed E-state index contributed by atoms with van der Waals surface area (Å²) in [6.07, 6.45) is -0.923. The average Bonchev–Trinajstić information content (AvgIpc) is 2.60. The van der Waals surface area contributed by atoms with Gasteiger partial charge in [-0.3, -0.25) is 4.79 Å². The van der Waals surface area contributed by atoms with Gasteiger partial charge in [-0.1, -0.05) is 0 Å². The number of amides is 1. The molecular formula is C13H20N2O4S. The molecule has 20 heavy (non-hydrogen) atoms. The number of hydrogen-bond donors (Lipinski definition) is 2. The van der Waals surface area contributed by atoms with Crippen LogP contribution in [0.25, 0.3) is 0 Å². The molecule has 0 radical (unpaired) electrons. The molecule has 7 heteroatoms. The minimum atomic E-state index is -1.09. The van der Waals surface area contributed by atoms with Gasteiger partial charge in [0.15, 0.2) is 0 Å². The maximum Gasteiger partial charge on any atom is 0.408 e. The van der Waals surface area contributed by atoms with Gasteiger partial charge in [-0.05, 0) is 34.6 Å². The van der Waals surface area contributed by atoms with E-state index in [2.05, 4.69) is 10.3 Å². The van der Waals surface area contributed by atoms with Crippen LogP contribution in [-0.2, 0) is 15.1 Å². The molecule has 0 saturated carbocycles. The highest BCUT2D eigenvalue weighted by Crippen LogP contribution is 2.28. The molecule has 112 valence electrons. The number of nitrogens with one attached hydrogen (secondary N) is 1. The number of rotatable bonds is 4. The Kier molecular flexibility index (Phi) is 4.75. The van der Waals surface area contributed by atoms with Crippen LogP contribution in [0.4, 0.5) is 4.79 Å². The number of carboxylic acids is 1. The van der Waals surface area contributed by atoms with Crippen LogP contribution in [-0.4, -0.2) is 27.8 Å². The minimum Gasteiger partial charge on any atom is -0.481 e. The first-order valence-electron chi connectivity index (χ1n) is 6.17. The summed E-state index contributed by atoms with van der Waals surface area (Å²) in [5.41, 5.74) is -0.951. The molecule has 1 aromatic heterocycles. The predicted molar refractivity (Wildman–Crippen MR) is 75.8 cm³/mol. The van der Waals surface area contributed by atoms with E-state index in [0.29, 0.717) is 5.01 Å². The summed E-state index contributed by atoms with van der Waals surface area (Å²) in [5, 5.41) is 14.0. The fourth-order valence-corrected chi connectivity index (χ4v) is 2.53. The van der Waals surface area contributed by atoms with Crippen molar-refractivity contribution in [3.63, 3.8) is 0 Å². The van der Waals surface area contributed by atoms with Gasteiger partial charge in [0, 0.05) is 11.1 Å². The summed E-state index contributed by atoms with van der Waals surface area (Å²) in [4.78, 5) is 27.2. The van der Waals surface area contributed by atoms with Gasteiger partial charge < -0.3 is 15.2 Å². The lowest BCUT2D eigenvalue weighted by Crippen LogP contribution is -2.47. The fourth-order valence-electron chi connectivity index (χ4n) is 1.61. The van der Waals surface area contributed by atoms with Crippen LogP contribution in [0, 0.1) is 6.92 Å². The van der Waals surface area contributed by atoms with Gasteiger partial charge >= 0.3 is 12.1 Å². The van der Waals surface area contributed by atoms with E-state index in [1.54, 1.807) is 27.7 Å². The van der Waals surface area contributed by atoms with Crippen molar-refractivity contribution in [3.8, 4) is 0 Å². The monoisotopic (exact) mass is 300 g/mol. The molecule has 0 bridgehead atoms. The molecule has 1 aromatic rings. The fraction of sp³-hybridized carbons (Fsp3) is 0.615. The van der Waals surface area contributed by atoms with E-state index >= 15 is 0 Å². The van der Waals surface area contributed by atoms with E-state index in [-0.39, 0.29) is 6.42 Å². The van der Waals surface area contributed by atoms with Crippen LogP contribution in [0.5, 0.6) is 0 Å². The SMILES string of the molecule is Cc1csc(C(C)(CC(=O)O)NC(=O)OC(C)(C)C)n1. The highest BCUT2D eigenvalue weighted by Gasteiger charge is 2.35. The van der Waals surface area contributed by atoms with Crippen LogP contribution in [0.1, 0.15) is 44.8 Å². The minimum absolute atomic E-state index is 0.265. The number of alkyl carbamates (subject to hydrolysis) is 1. The van der Waals surface area contributed by atoms with Crippen LogP contribution in [0.15, 0.2) is 5.38 Å². The summed E-state index contributed by atoms with van der Waals surface area (Å²) in [6, 6.07) is 0. The van der Waals surface area contributed by atoms with Gasteiger partial charge in [0.25, 0.3) is 0 Å². The van der Waals surface area contributed by atoms with Gasteiger partial charge in [-0.2, -0.15) is 0 Å². The average molecular weight is 300 g/mol. The van der Waals surface area contributed by atoms with Gasteiger partial charge in [0.2, 0.25) is 0 Å². The Bertz CT molecular complexity index is 507. The number of nitrogens with zero attached hydrogens (tertiary/aromatic N) is 1. The highest BCUT2D eigenvalue weighted by atomic mass is 32.1. The smallest absolute Gasteiger partial charge is 0.408 e. The molecule has 2 N–H and O–H groups in total. The Labute approximate surface area is 122 Å². The van der Waals surface area contributed by atoms with Crippen molar-refractivity contribution in [2.24, 2.45) is 0 Å². The second-order valence-corrected chi connectivity index (χ2v) is 6.68. The Balaban J connectivity index is 2.95. The van der Waals surface area contributed by atoms with E-state index in [1.807, 2.05) is 12.3 Å². The molecule has 1 atom stereocenters. The normalized spacial score (nSPS) is 14.4. The third-order valence-corrected chi connectivity index (χ3v) is 3.60. The molecule has 0 aromatic carbocycles. The molecule has 0 fully saturated rings. The van der Waals surface area contributed by atoms with Crippen molar-refractivity contribution in [1.29, 1.82) is 0 Å². The zero-order chi connectivity index (χ0) is 15.6. The van der Waals surface area contributed by atoms with Gasteiger partial charge in [-0.25, -0.2) is 9.78 Å². The first-order valence-corrected chi connectivity index (χ1v) is 7.05. The number of aromatic nitrogens is 1. The number of carbonyl (C=O) groups excluding carboxylic acids is 1. The van der Waals surface area contributed by atoms with Gasteiger partial charge in [0.1, 0.15) is 16.1 Å². The van der Waals surface area contributed by atoms with Crippen molar-refractivity contribution >= 4 is 23.4 Å². The number of carboxylic acid groups (broad SMARTS) is 1. The van der Waals surface area contributed by atoms with Crippen molar-refractivity contribution < 1.29 is 19.4 Å². The quantitative estimate of drug-likeness (QED) is 0.892. The van der Waals surface area contributed by atoms with E-state index < -0.39 is 23.2 Å². The summed E-state index contributed by atoms with van der Waals surface area (Å²) >= 11 is 1.31. The first kappa shape index (κ1) is 16.4. The second kappa shape index (κ2) is 5.78. The van der Waals surface area contributed by atoms with Gasteiger partial charge in [0.05, 0.1) is 6.42 Å². The summed E-state index contributed by atoms with van der Waals surface area (Å²) < 4.78 is 5.18. The van der Waals surface area contributed by atoms with Gasteiger partial charge in [-0.15, -0.1) is 11.3 Å². The lowest BCUT2D eigenvalue weighted by Gasteiger charge is -2.29. The zero-order valence-corrected chi connectivity index (χ0v) is 13.1. The zero-order valence-electron chi connectivity index (χ0n) is 12.3. The Morgan fingerprint density at radius 1 is 1.40 bits per heavy atom. The molecule has 6 nitrogen and oxygen atoms in total. The molecule has 1 amide bonds. The molecule has 1 rings (SSSR count). The predicted octanol–water partition coefficient (Wildman–Crippen LogP) is 2.67. The summed E-state index contributed by atoms with van der Waals surface area (Å²) in [5.74, 6) is -1.02. The van der Waals surface area contributed by atoms with Crippen LogP contribution in [0.2, 0.25) is 0 Å². The molecule has 1 heterocycles. The Morgan fingerprint density at radius 2 is 2.00 bits per heavy atom.